The van der Waals surface area contributed by atoms with Crippen molar-refractivity contribution in [3.63, 3.8) is 0 Å². The Morgan fingerprint density at radius 2 is 2.06 bits per heavy atom. The van der Waals surface area contributed by atoms with Crippen LogP contribution in [0.4, 0.5) is 0 Å². The first-order valence-corrected chi connectivity index (χ1v) is 6.12. The van der Waals surface area contributed by atoms with E-state index in [1.165, 1.54) is 0 Å². The summed E-state index contributed by atoms with van der Waals surface area (Å²) >= 11 is 11.8. The molecule has 1 rings (SSSR count). The fraction of sp³-hybridized carbons (Fsp3) is 0.417. The molecule has 0 saturated carbocycles. The Labute approximate surface area is 111 Å². The monoisotopic (exact) mass is 275 g/mol. The minimum absolute atomic E-state index is 0.00846. The number of hydrogen-bond donors (Lipinski definition) is 1. The van der Waals surface area contributed by atoms with Gasteiger partial charge in [0.05, 0.1) is 16.6 Å². The summed E-state index contributed by atoms with van der Waals surface area (Å²) in [7, 11) is 0. The molecule has 0 spiro atoms. The Balaban J connectivity index is 2.89. The third-order valence-electron chi connectivity index (χ3n) is 2.72. The van der Waals surface area contributed by atoms with Crippen molar-refractivity contribution in [2.75, 3.05) is 13.1 Å². The Bertz CT molecular complexity index is 409. The highest BCUT2D eigenvalue weighted by molar-refractivity contribution is 6.42. The molecule has 0 fully saturated rings. The Kier molecular flexibility index (Phi) is 5.25. The molecule has 0 bridgehead atoms. The highest BCUT2D eigenvalue weighted by Gasteiger charge is 2.17. The molecular formula is C12H15Cl2NO2. The fourth-order valence-corrected chi connectivity index (χ4v) is 1.99. The van der Waals surface area contributed by atoms with Crippen molar-refractivity contribution >= 4 is 29.2 Å². The van der Waals surface area contributed by atoms with E-state index in [-0.39, 0.29) is 12.6 Å². The Hall–Kier alpha value is -0.770. The smallest absolute Gasteiger partial charge is 0.317 e. The van der Waals surface area contributed by atoms with Gasteiger partial charge in [-0.3, -0.25) is 9.69 Å². The summed E-state index contributed by atoms with van der Waals surface area (Å²) in [5.74, 6) is -0.834. The van der Waals surface area contributed by atoms with Gasteiger partial charge in [0.15, 0.2) is 0 Å². The van der Waals surface area contributed by atoms with Crippen LogP contribution in [0, 0.1) is 0 Å². The molecular weight excluding hydrogens is 261 g/mol. The van der Waals surface area contributed by atoms with Crippen LogP contribution in [0.1, 0.15) is 25.5 Å². The van der Waals surface area contributed by atoms with Gasteiger partial charge in [-0.15, -0.1) is 0 Å². The van der Waals surface area contributed by atoms with Crippen LogP contribution < -0.4 is 0 Å². The molecule has 1 aromatic carbocycles. The number of halogens is 2. The quantitative estimate of drug-likeness (QED) is 0.895. The van der Waals surface area contributed by atoms with Crippen LogP contribution in [0.25, 0.3) is 0 Å². The highest BCUT2D eigenvalue weighted by atomic mass is 35.5. The van der Waals surface area contributed by atoms with Crippen LogP contribution in [0.2, 0.25) is 10.0 Å². The standard InChI is InChI=1S/C12H15Cl2NO2/c1-3-15(7-12(16)17)8(2)9-4-5-10(13)11(14)6-9/h4-6,8H,3,7H2,1-2H3,(H,16,17). The molecule has 5 heteroatoms. The Morgan fingerprint density at radius 1 is 1.41 bits per heavy atom. The van der Waals surface area contributed by atoms with E-state index in [9.17, 15) is 4.79 Å². The number of rotatable bonds is 5. The van der Waals surface area contributed by atoms with Crippen molar-refractivity contribution in [3.05, 3.63) is 33.8 Å². The number of carbonyl (C=O) groups is 1. The van der Waals surface area contributed by atoms with Gasteiger partial charge in [0, 0.05) is 6.04 Å². The second kappa shape index (κ2) is 6.24. The molecule has 94 valence electrons. The van der Waals surface area contributed by atoms with E-state index in [4.69, 9.17) is 28.3 Å². The molecule has 0 aromatic heterocycles. The summed E-state index contributed by atoms with van der Waals surface area (Å²) < 4.78 is 0. The van der Waals surface area contributed by atoms with Gasteiger partial charge in [0.25, 0.3) is 0 Å². The molecule has 1 unspecified atom stereocenters. The van der Waals surface area contributed by atoms with E-state index in [2.05, 4.69) is 0 Å². The van der Waals surface area contributed by atoms with Gasteiger partial charge in [0.1, 0.15) is 0 Å². The predicted molar refractivity (Wildman–Crippen MR) is 69.8 cm³/mol. The summed E-state index contributed by atoms with van der Waals surface area (Å²) in [4.78, 5) is 12.6. The van der Waals surface area contributed by atoms with Gasteiger partial charge in [-0.25, -0.2) is 0 Å². The zero-order chi connectivity index (χ0) is 13.0. The molecule has 0 amide bonds. The average molecular weight is 276 g/mol. The van der Waals surface area contributed by atoms with Gasteiger partial charge in [-0.05, 0) is 31.2 Å². The van der Waals surface area contributed by atoms with Crippen LogP contribution in [0.5, 0.6) is 0 Å². The maximum atomic E-state index is 10.7. The summed E-state index contributed by atoms with van der Waals surface area (Å²) in [6.07, 6.45) is 0. The molecule has 0 aliphatic carbocycles. The number of likely N-dealkylation sites (N-methyl/N-ethyl adjacent to an activating group) is 1. The minimum atomic E-state index is -0.834. The first-order valence-electron chi connectivity index (χ1n) is 5.36. The maximum Gasteiger partial charge on any atom is 0.317 e. The van der Waals surface area contributed by atoms with Crippen molar-refractivity contribution in [3.8, 4) is 0 Å². The Morgan fingerprint density at radius 3 is 2.53 bits per heavy atom. The lowest BCUT2D eigenvalue weighted by molar-refractivity contribution is -0.138. The molecule has 1 atom stereocenters. The highest BCUT2D eigenvalue weighted by Crippen LogP contribution is 2.27. The third-order valence-corrected chi connectivity index (χ3v) is 3.46. The number of carboxylic acid groups (broad SMARTS) is 1. The maximum absolute atomic E-state index is 10.7. The SMILES string of the molecule is CCN(CC(=O)O)C(C)c1ccc(Cl)c(Cl)c1. The van der Waals surface area contributed by atoms with Crippen LogP contribution in [-0.4, -0.2) is 29.1 Å². The van der Waals surface area contributed by atoms with Crippen molar-refractivity contribution in [1.29, 1.82) is 0 Å². The number of carboxylic acids is 1. The van der Waals surface area contributed by atoms with E-state index in [0.29, 0.717) is 16.6 Å². The second-order valence-corrected chi connectivity index (χ2v) is 4.62. The number of aliphatic carboxylic acids is 1. The summed E-state index contributed by atoms with van der Waals surface area (Å²) in [5, 5.41) is 9.81. The van der Waals surface area contributed by atoms with Crippen molar-refractivity contribution in [1.82, 2.24) is 4.90 Å². The number of hydrogen-bond acceptors (Lipinski definition) is 2. The van der Waals surface area contributed by atoms with Gasteiger partial charge >= 0.3 is 5.97 Å². The van der Waals surface area contributed by atoms with Gasteiger partial charge in [-0.2, -0.15) is 0 Å². The molecule has 0 radical (unpaired) electrons. The molecule has 0 aliphatic rings. The molecule has 1 N–H and O–H groups in total. The molecule has 17 heavy (non-hydrogen) atoms. The lowest BCUT2D eigenvalue weighted by atomic mass is 10.1. The van der Waals surface area contributed by atoms with Crippen molar-refractivity contribution < 1.29 is 9.90 Å². The molecule has 0 heterocycles. The van der Waals surface area contributed by atoms with E-state index in [1.54, 1.807) is 12.1 Å². The normalized spacial score (nSPS) is 12.8. The topological polar surface area (TPSA) is 40.5 Å². The summed E-state index contributed by atoms with van der Waals surface area (Å²) in [6, 6.07) is 5.36. The average Bonchev–Trinajstić information content (AvgIpc) is 2.28. The minimum Gasteiger partial charge on any atom is -0.480 e. The lowest BCUT2D eigenvalue weighted by Gasteiger charge is -2.26. The zero-order valence-electron chi connectivity index (χ0n) is 9.78. The summed E-state index contributed by atoms with van der Waals surface area (Å²) in [5.41, 5.74) is 0.961. The van der Waals surface area contributed by atoms with E-state index >= 15 is 0 Å². The fourth-order valence-electron chi connectivity index (χ4n) is 1.68. The van der Waals surface area contributed by atoms with Crippen LogP contribution in [-0.2, 0) is 4.79 Å². The van der Waals surface area contributed by atoms with E-state index < -0.39 is 5.97 Å². The van der Waals surface area contributed by atoms with Gasteiger partial charge in [0.2, 0.25) is 0 Å². The van der Waals surface area contributed by atoms with Crippen LogP contribution in [0.3, 0.4) is 0 Å². The number of benzene rings is 1. The van der Waals surface area contributed by atoms with Gasteiger partial charge in [-0.1, -0.05) is 36.2 Å². The first kappa shape index (κ1) is 14.3. The largest absolute Gasteiger partial charge is 0.480 e. The van der Waals surface area contributed by atoms with Gasteiger partial charge < -0.3 is 5.11 Å². The third kappa shape index (κ3) is 3.87. The van der Waals surface area contributed by atoms with E-state index in [0.717, 1.165) is 5.56 Å². The zero-order valence-corrected chi connectivity index (χ0v) is 11.3. The van der Waals surface area contributed by atoms with Crippen molar-refractivity contribution in [2.24, 2.45) is 0 Å². The lowest BCUT2D eigenvalue weighted by Crippen LogP contribution is -2.32. The second-order valence-electron chi connectivity index (χ2n) is 3.81. The first-order chi connectivity index (χ1) is 7.95. The predicted octanol–water partition coefficient (Wildman–Crippen LogP) is 3.46. The van der Waals surface area contributed by atoms with Crippen LogP contribution >= 0.6 is 23.2 Å². The molecule has 1 aromatic rings. The molecule has 3 nitrogen and oxygen atoms in total. The van der Waals surface area contributed by atoms with Crippen molar-refractivity contribution in [2.45, 2.75) is 19.9 Å². The number of nitrogens with zero attached hydrogens (tertiary/aromatic N) is 1. The summed E-state index contributed by atoms with van der Waals surface area (Å²) in [6.45, 7) is 4.55. The van der Waals surface area contributed by atoms with E-state index in [1.807, 2.05) is 24.8 Å². The van der Waals surface area contributed by atoms with Crippen LogP contribution in [0.15, 0.2) is 18.2 Å². The molecule has 0 aliphatic heterocycles. The molecule has 0 saturated heterocycles.